The minimum absolute atomic E-state index is 0.331. The fraction of sp³-hybridized carbons (Fsp3) is 0.583. The minimum Gasteiger partial charge on any atom is -0.373 e. The molecular weight excluding hydrogens is 188 g/mol. The Morgan fingerprint density at radius 1 is 1.33 bits per heavy atom. The summed E-state index contributed by atoms with van der Waals surface area (Å²) in [5.74, 6) is 0. The van der Waals surface area contributed by atoms with Crippen LogP contribution >= 0.6 is 0 Å². The van der Waals surface area contributed by atoms with E-state index in [4.69, 9.17) is 4.74 Å². The molecule has 2 rings (SSSR count). The number of nitrogens with zero attached hydrogens (tertiary/aromatic N) is 2. The summed E-state index contributed by atoms with van der Waals surface area (Å²) in [5.41, 5.74) is 1.14. The maximum absolute atomic E-state index is 5.69. The number of ether oxygens (including phenoxy) is 1. The van der Waals surface area contributed by atoms with Crippen molar-refractivity contribution in [3.05, 3.63) is 30.1 Å². The maximum atomic E-state index is 5.69. The monoisotopic (exact) mass is 206 g/mol. The molecule has 0 amide bonds. The van der Waals surface area contributed by atoms with Gasteiger partial charge in [0, 0.05) is 25.8 Å². The Morgan fingerprint density at radius 2 is 2.07 bits per heavy atom. The van der Waals surface area contributed by atoms with Crippen LogP contribution in [0.2, 0.25) is 0 Å². The molecule has 0 aliphatic carbocycles. The first-order valence-electron chi connectivity index (χ1n) is 5.52. The highest BCUT2D eigenvalue weighted by Crippen LogP contribution is 2.12. The number of morpholine rings is 1. The molecule has 1 fully saturated rings. The number of rotatable bonds is 2. The van der Waals surface area contributed by atoms with Crippen LogP contribution in [0, 0.1) is 0 Å². The average Bonchev–Trinajstić information content (AvgIpc) is 2.17. The second-order valence-electron chi connectivity index (χ2n) is 4.27. The molecule has 1 saturated heterocycles. The molecule has 3 nitrogen and oxygen atoms in total. The standard InChI is InChI=1S/C12H18N2O/c1-10-7-14(8-11(2)15-10)9-12-5-3-4-6-13-12/h3-6,10-11H,7-9H2,1-2H3. The summed E-state index contributed by atoms with van der Waals surface area (Å²) < 4.78 is 5.69. The molecular formula is C12H18N2O. The largest absolute Gasteiger partial charge is 0.373 e. The molecule has 2 heterocycles. The fourth-order valence-corrected chi connectivity index (χ4v) is 2.13. The molecule has 1 aliphatic heterocycles. The average molecular weight is 206 g/mol. The first-order valence-corrected chi connectivity index (χ1v) is 5.52. The van der Waals surface area contributed by atoms with Crippen molar-refractivity contribution in [2.75, 3.05) is 13.1 Å². The molecule has 0 aromatic carbocycles. The SMILES string of the molecule is CC1CN(Cc2ccccn2)CC(C)O1. The van der Waals surface area contributed by atoms with Gasteiger partial charge in [-0.05, 0) is 26.0 Å². The lowest BCUT2D eigenvalue weighted by molar-refractivity contribution is -0.0707. The highest BCUT2D eigenvalue weighted by molar-refractivity contribution is 5.03. The predicted octanol–water partition coefficient (Wildman–Crippen LogP) is 1.69. The number of pyridine rings is 1. The van der Waals surface area contributed by atoms with E-state index in [1.165, 1.54) is 0 Å². The third-order valence-electron chi connectivity index (χ3n) is 2.61. The van der Waals surface area contributed by atoms with Crippen LogP contribution < -0.4 is 0 Å². The van der Waals surface area contributed by atoms with Gasteiger partial charge in [0.05, 0.1) is 17.9 Å². The van der Waals surface area contributed by atoms with Crippen LogP contribution in [-0.4, -0.2) is 35.2 Å². The van der Waals surface area contributed by atoms with E-state index < -0.39 is 0 Å². The van der Waals surface area contributed by atoms with Crippen molar-refractivity contribution in [3.8, 4) is 0 Å². The lowest BCUT2D eigenvalue weighted by atomic mass is 10.2. The number of hydrogen-bond acceptors (Lipinski definition) is 3. The first-order chi connectivity index (χ1) is 7.24. The molecule has 3 heteroatoms. The number of aromatic nitrogens is 1. The van der Waals surface area contributed by atoms with Gasteiger partial charge in [0.2, 0.25) is 0 Å². The minimum atomic E-state index is 0.331. The van der Waals surface area contributed by atoms with Gasteiger partial charge in [-0.1, -0.05) is 6.07 Å². The van der Waals surface area contributed by atoms with Crippen LogP contribution in [0.4, 0.5) is 0 Å². The van der Waals surface area contributed by atoms with Crippen LogP contribution in [0.5, 0.6) is 0 Å². The Labute approximate surface area is 91.1 Å². The molecule has 2 unspecified atom stereocenters. The summed E-state index contributed by atoms with van der Waals surface area (Å²) >= 11 is 0. The van der Waals surface area contributed by atoms with Gasteiger partial charge in [0.25, 0.3) is 0 Å². The van der Waals surface area contributed by atoms with Gasteiger partial charge in [-0.15, -0.1) is 0 Å². The van der Waals surface area contributed by atoms with Crippen molar-refractivity contribution in [2.45, 2.75) is 32.6 Å². The van der Waals surface area contributed by atoms with Gasteiger partial charge >= 0.3 is 0 Å². The van der Waals surface area contributed by atoms with Gasteiger partial charge in [-0.25, -0.2) is 0 Å². The van der Waals surface area contributed by atoms with Gasteiger partial charge < -0.3 is 4.74 Å². The Kier molecular flexibility index (Phi) is 3.34. The summed E-state index contributed by atoms with van der Waals surface area (Å²) in [7, 11) is 0. The zero-order valence-electron chi connectivity index (χ0n) is 9.39. The summed E-state index contributed by atoms with van der Waals surface area (Å²) in [6.07, 6.45) is 2.51. The van der Waals surface area contributed by atoms with Gasteiger partial charge in [-0.3, -0.25) is 9.88 Å². The summed E-state index contributed by atoms with van der Waals surface area (Å²) in [6.45, 7) is 7.18. The fourth-order valence-electron chi connectivity index (χ4n) is 2.13. The molecule has 0 bridgehead atoms. The van der Waals surface area contributed by atoms with E-state index >= 15 is 0 Å². The summed E-state index contributed by atoms with van der Waals surface area (Å²) in [4.78, 5) is 6.74. The predicted molar refractivity (Wildman–Crippen MR) is 59.5 cm³/mol. The van der Waals surface area contributed by atoms with Crippen molar-refractivity contribution >= 4 is 0 Å². The van der Waals surface area contributed by atoms with Crippen molar-refractivity contribution in [1.29, 1.82) is 0 Å². The van der Waals surface area contributed by atoms with Crippen LogP contribution in [0.15, 0.2) is 24.4 Å². The smallest absolute Gasteiger partial charge is 0.0678 e. The molecule has 0 saturated carbocycles. The van der Waals surface area contributed by atoms with E-state index in [1.54, 1.807) is 0 Å². The third kappa shape index (κ3) is 3.01. The van der Waals surface area contributed by atoms with E-state index in [2.05, 4.69) is 29.8 Å². The van der Waals surface area contributed by atoms with Gasteiger partial charge in [0.15, 0.2) is 0 Å². The zero-order valence-corrected chi connectivity index (χ0v) is 9.39. The highest BCUT2D eigenvalue weighted by atomic mass is 16.5. The van der Waals surface area contributed by atoms with E-state index in [0.29, 0.717) is 12.2 Å². The molecule has 0 N–H and O–H groups in total. The second kappa shape index (κ2) is 4.73. The molecule has 82 valence electrons. The second-order valence-corrected chi connectivity index (χ2v) is 4.27. The lowest BCUT2D eigenvalue weighted by Crippen LogP contribution is -2.44. The molecule has 2 atom stereocenters. The van der Waals surface area contributed by atoms with E-state index in [9.17, 15) is 0 Å². The molecule has 1 aromatic rings. The van der Waals surface area contributed by atoms with Gasteiger partial charge in [0.1, 0.15) is 0 Å². The highest BCUT2D eigenvalue weighted by Gasteiger charge is 2.22. The van der Waals surface area contributed by atoms with Crippen molar-refractivity contribution in [1.82, 2.24) is 9.88 Å². The topological polar surface area (TPSA) is 25.4 Å². The molecule has 1 aromatic heterocycles. The van der Waals surface area contributed by atoms with E-state index in [-0.39, 0.29) is 0 Å². The Morgan fingerprint density at radius 3 is 2.67 bits per heavy atom. The van der Waals surface area contributed by atoms with Gasteiger partial charge in [-0.2, -0.15) is 0 Å². The van der Waals surface area contributed by atoms with Crippen LogP contribution in [-0.2, 0) is 11.3 Å². The number of hydrogen-bond donors (Lipinski definition) is 0. The lowest BCUT2D eigenvalue weighted by Gasteiger charge is -2.35. The van der Waals surface area contributed by atoms with Crippen LogP contribution in [0.3, 0.4) is 0 Å². The van der Waals surface area contributed by atoms with Crippen LogP contribution in [0.25, 0.3) is 0 Å². The maximum Gasteiger partial charge on any atom is 0.0678 e. The van der Waals surface area contributed by atoms with E-state index in [1.807, 2.05) is 18.3 Å². The quantitative estimate of drug-likeness (QED) is 0.736. The molecule has 15 heavy (non-hydrogen) atoms. The summed E-state index contributed by atoms with van der Waals surface area (Å²) in [5, 5.41) is 0. The third-order valence-corrected chi connectivity index (χ3v) is 2.61. The van der Waals surface area contributed by atoms with Crippen molar-refractivity contribution in [3.63, 3.8) is 0 Å². The normalized spacial score (nSPS) is 27.9. The Hall–Kier alpha value is -0.930. The summed E-state index contributed by atoms with van der Waals surface area (Å²) in [6, 6.07) is 6.06. The zero-order chi connectivity index (χ0) is 10.7. The Balaban J connectivity index is 1.94. The van der Waals surface area contributed by atoms with Crippen molar-refractivity contribution in [2.24, 2.45) is 0 Å². The molecule has 0 radical (unpaired) electrons. The molecule has 1 aliphatic rings. The van der Waals surface area contributed by atoms with Crippen molar-refractivity contribution < 1.29 is 4.74 Å². The van der Waals surface area contributed by atoms with Crippen LogP contribution in [0.1, 0.15) is 19.5 Å². The van der Waals surface area contributed by atoms with E-state index in [0.717, 1.165) is 25.3 Å². The molecule has 0 spiro atoms. The Bertz CT molecular complexity index is 292. The first kappa shape index (κ1) is 10.6.